The monoisotopic (exact) mass is 403 g/mol. The molecule has 108 valence electrons. The molecule has 2 rings (SSSR count). The van der Waals surface area contributed by atoms with Crippen LogP contribution in [0.3, 0.4) is 0 Å². The maximum Gasteiger partial charge on any atom is 0.133 e. The van der Waals surface area contributed by atoms with Crippen molar-refractivity contribution in [1.82, 2.24) is 5.32 Å². The van der Waals surface area contributed by atoms with Gasteiger partial charge in [0, 0.05) is 0 Å². The summed E-state index contributed by atoms with van der Waals surface area (Å²) in [6.45, 7) is 1.62. The summed E-state index contributed by atoms with van der Waals surface area (Å²) in [7, 11) is 1.97. The van der Waals surface area contributed by atoms with Gasteiger partial charge in [-0.3, -0.25) is 0 Å². The first-order valence-corrected chi connectivity index (χ1v) is 7.47. The van der Waals surface area contributed by atoms with E-state index in [-0.39, 0.29) is 12.4 Å². The second-order valence-electron chi connectivity index (χ2n) is 4.39. The number of rotatable bonds is 6. The normalized spacial score (nSPS) is 9.90. The van der Waals surface area contributed by atoms with Crippen LogP contribution < -0.4 is 10.1 Å². The van der Waals surface area contributed by atoms with E-state index in [4.69, 9.17) is 4.74 Å². The van der Waals surface area contributed by atoms with Crippen LogP contribution in [0.2, 0.25) is 0 Å². The van der Waals surface area contributed by atoms with Crippen molar-refractivity contribution in [2.75, 3.05) is 13.6 Å². The largest absolute Gasteiger partial charge is 0.488 e. The number of hydrogen-bond donors (Lipinski definition) is 1. The van der Waals surface area contributed by atoms with Crippen LogP contribution in [0.1, 0.15) is 11.1 Å². The minimum absolute atomic E-state index is 0. The SMILES string of the molecule is CNCCc1ccc(OCc2ccccc2)c(I)c1.Cl. The Bertz CT molecular complexity index is 519. The fourth-order valence-corrected chi connectivity index (χ4v) is 2.56. The van der Waals surface area contributed by atoms with Gasteiger partial charge in [-0.15, -0.1) is 12.4 Å². The molecule has 1 N–H and O–H groups in total. The molecule has 0 amide bonds. The standard InChI is InChI=1S/C16H18INO.ClH/c1-18-10-9-13-7-8-16(15(17)11-13)19-12-14-5-3-2-4-6-14;/h2-8,11,18H,9-10,12H2,1H3;1H. The van der Waals surface area contributed by atoms with Gasteiger partial charge >= 0.3 is 0 Å². The van der Waals surface area contributed by atoms with Crippen molar-refractivity contribution >= 4 is 35.0 Å². The lowest BCUT2D eigenvalue weighted by molar-refractivity contribution is 0.304. The fraction of sp³-hybridized carbons (Fsp3) is 0.250. The van der Waals surface area contributed by atoms with Crippen molar-refractivity contribution in [2.24, 2.45) is 0 Å². The third-order valence-corrected chi connectivity index (χ3v) is 3.74. The molecule has 0 atom stereocenters. The highest BCUT2D eigenvalue weighted by atomic mass is 127. The number of benzene rings is 2. The number of halogens is 2. The zero-order chi connectivity index (χ0) is 13.5. The van der Waals surface area contributed by atoms with Gasteiger partial charge in [0.15, 0.2) is 0 Å². The van der Waals surface area contributed by atoms with Gasteiger partial charge in [-0.05, 0) is 65.9 Å². The minimum Gasteiger partial charge on any atom is -0.488 e. The fourth-order valence-electron chi connectivity index (χ4n) is 1.82. The topological polar surface area (TPSA) is 21.3 Å². The lowest BCUT2D eigenvalue weighted by Gasteiger charge is -2.10. The highest BCUT2D eigenvalue weighted by molar-refractivity contribution is 14.1. The summed E-state index contributed by atoms with van der Waals surface area (Å²) in [5, 5.41) is 3.16. The first-order chi connectivity index (χ1) is 9.29. The van der Waals surface area contributed by atoms with Crippen molar-refractivity contribution in [2.45, 2.75) is 13.0 Å². The Morgan fingerprint density at radius 1 is 1.05 bits per heavy atom. The molecule has 20 heavy (non-hydrogen) atoms. The van der Waals surface area contributed by atoms with E-state index in [9.17, 15) is 0 Å². The van der Waals surface area contributed by atoms with E-state index >= 15 is 0 Å². The van der Waals surface area contributed by atoms with E-state index in [1.807, 2.05) is 25.2 Å². The summed E-state index contributed by atoms with van der Waals surface area (Å²) in [5.74, 6) is 0.956. The van der Waals surface area contributed by atoms with E-state index in [1.54, 1.807) is 0 Å². The van der Waals surface area contributed by atoms with E-state index in [1.165, 1.54) is 14.7 Å². The predicted molar refractivity (Wildman–Crippen MR) is 94.8 cm³/mol. The van der Waals surface area contributed by atoms with E-state index in [0.29, 0.717) is 6.61 Å². The van der Waals surface area contributed by atoms with Gasteiger partial charge in [-0.2, -0.15) is 0 Å². The lowest BCUT2D eigenvalue weighted by atomic mass is 10.1. The Labute approximate surface area is 140 Å². The molecule has 0 aliphatic carbocycles. The average Bonchev–Trinajstić information content (AvgIpc) is 2.45. The summed E-state index contributed by atoms with van der Waals surface area (Å²) in [5.41, 5.74) is 2.53. The number of likely N-dealkylation sites (N-methyl/N-ethyl adjacent to an activating group) is 1. The molecule has 0 saturated heterocycles. The Kier molecular flexibility index (Phi) is 7.95. The third-order valence-electron chi connectivity index (χ3n) is 2.90. The molecular weight excluding hydrogens is 385 g/mol. The van der Waals surface area contributed by atoms with Crippen molar-refractivity contribution in [1.29, 1.82) is 0 Å². The molecule has 0 heterocycles. The van der Waals surface area contributed by atoms with Gasteiger partial charge < -0.3 is 10.1 Å². The smallest absolute Gasteiger partial charge is 0.133 e. The Morgan fingerprint density at radius 2 is 1.80 bits per heavy atom. The second-order valence-corrected chi connectivity index (χ2v) is 5.55. The summed E-state index contributed by atoms with van der Waals surface area (Å²) in [6, 6.07) is 16.6. The number of nitrogens with one attached hydrogen (secondary N) is 1. The number of ether oxygens (including phenoxy) is 1. The molecule has 0 bridgehead atoms. The second kappa shape index (κ2) is 9.21. The van der Waals surface area contributed by atoms with E-state index in [0.717, 1.165) is 18.7 Å². The molecule has 2 aromatic rings. The van der Waals surface area contributed by atoms with Gasteiger partial charge in [0.1, 0.15) is 12.4 Å². The maximum atomic E-state index is 5.86. The quantitative estimate of drug-likeness (QED) is 0.735. The summed E-state index contributed by atoms with van der Waals surface area (Å²) >= 11 is 2.34. The van der Waals surface area contributed by atoms with Crippen molar-refractivity contribution in [3.63, 3.8) is 0 Å². The first kappa shape index (κ1) is 17.3. The lowest BCUT2D eigenvalue weighted by Crippen LogP contribution is -2.10. The van der Waals surface area contributed by atoms with Crippen LogP contribution in [-0.2, 0) is 13.0 Å². The van der Waals surface area contributed by atoms with Crippen molar-refractivity contribution < 1.29 is 4.74 Å². The zero-order valence-corrected chi connectivity index (χ0v) is 14.4. The zero-order valence-electron chi connectivity index (χ0n) is 11.4. The minimum atomic E-state index is 0. The molecule has 2 aromatic carbocycles. The first-order valence-electron chi connectivity index (χ1n) is 6.39. The van der Waals surface area contributed by atoms with Crippen LogP contribution in [0.15, 0.2) is 48.5 Å². The van der Waals surface area contributed by atoms with Crippen LogP contribution in [0, 0.1) is 3.57 Å². The molecular formula is C16H19ClINO. The van der Waals surface area contributed by atoms with Crippen LogP contribution in [0.5, 0.6) is 5.75 Å². The molecule has 0 spiro atoms. The summed E-state index contributed by atoms with van der Waals surface area (Å²) in [4.78, 5) is 0. The molecule has 0 aliphatic heterocycles. The summed E-state index contributed by atoms with van der Waals surface area (Å²) < 4.78 is 7.03. The average molecular weight is 404 g/mol. The molecule has 0 aliphatic rings. The number of hydrogen-bond acceptors (Lipinski definition) is 2. The van der Waals surface area contributed by atoms with Crippen LogP contribution in [0.25, 0.3) is 0 Å². The van der Waals surface area contributed by atoms with Crippen LogP contribution in [-0.4, -0.2) is 13.6 Å². The molecule has 0 saturated carbocycles. The maximum absolute atomic E-state index is 5.86. The van der Waals surface area contributed by atoms with Gasteiger partial charge in [-0.25, -0.2) is 0 Å². The highest BCUT2D eigenvalue weighted by Crippen LogP contribution is 2.23. The Hall–Kier alpha value is -0.780. The molecule has 0 unspecified atom stereocenters. The van der Waals surface area contributed by atoms with E-state index < -0.39 is 0 Å². The van der Waals surface area contributed by atoms with Gasteiger partial charge in [-0.1, -0.05) is 36.4 Å². The predicted octanol–water partition coefficient (Wildman–Crippen LogP) is 4.05. The van der Waals surface area contributed by atoms with Gasteiger partial charge in [0.05, 0.1) is 3.57 Å². The molecule has 0 radical (unpaired) electrons. The van der Waals surface area contributed by atoms with E-state index in [2.05, 4.69) is 58.2 Å². The summed E-state index contributed by atoms with van der Waals surface area (Å²) in [6.07, 6.45) is 1.05. The molecule has 2 nitrogen and oxygen atoms in total. The Balaban J connectivity index is 0.00000200. The van der Waals surface area contributed by atoms with Gasteiger partial charge in [0.25, 0.3) is 0 Å². The Morgan fingerprint density at radius 3 is 2.45 bits per heavy atom. The molecule has 0 fully saturated rings. The highest BCUT2D eigenvalue weighted by Gasteiger charge is 2.03. The third kappa shape index (κ3) is 5.31. The van der Waals surface area contributed by atoms with Crippen molar-refractivity contribution in [3.05, 3.63) is 63.2 Å². The molecule has 0 aromatic heterocycles. The van der Waals surface area contributed by atoms with Crippen LogP contribution >= 0.6 is 35.0 Å². The molecule has 4 heteroatoms. The van der Waals surface area contributed by atoms with Crippen LogP contribution in [0.4, 0.5) is 0 Å². The van der Waals surface area contributed by atoms with Gasteiger partial charge in [0.2, 0.25) is 0 Å². The van der Waals surface area contributed by atoms with Crippen molar-refractivity contribution in [3.8, 4) is 5.75 Å².